The number of amides is 1. The number of esters is 1. The molecule has 60 heavy (non-hydrogen) atoms. The van der Waals surface area contributed by atoms with Crippen molar-refractivity contribution in [1.82, 2.24) is 30.1 Å². The molecule has 3 fully saturated rings. The average Bonchev–Trinajstić information content (AvgIpc) is 3.77. The number of methoxy groups -OCH3 is 1. The molecule has 4 N–H and O–H groups in total. The number of halogens is 1. The minimum absolute atomic E-state index is 0.115. The van der Waals surface area contributed by atoms with Crippen molar-refractivity contribution >= 4 is 23.5 Å². The lowest BCUT2D eigenvalue weighted by Gasteiger charge is -2.47. The Labute approximate surface area is 353 Å². The van der Waals surface area contributed by atoms with Gasteiger partial charge in [0.15, 0.2) is 17.7 Å². The molecule has 16 nitrogen and oxygen atoms in total. The largest absolute Gasteiger partial charge is 0.455 e. The summed E-state index contributed by atoms with van der Waals surface area (Å²) in [6.07, 6.45) is -1.26. The summed E-state index contributed by atoms with van der Waals surface area (Å²) in [6, 6.07) is 6.06. The minimum atomic E-state index is -3.13. The maximum Gasteiger partial charge on any atom is 0.410 e. The topological polar surface area (TPSA) is 193 Å². The van der Waals surface area contributed by atoms with Crippen molar-refractivity contribution in [1.29, 1.82) is 0 Å². The van der Waals surface area contributed by atoms with Gasteiger partial charge in [0.25, 0.3) is 5.67 Å². The number of aliphatic hydroxyl groups is 1. The molecule has 0 aliphatic carbocycles. The molecule has 1 aromatic heterocycles. The number of carbonyl (C=O) groups excluding carboxylic acids is 3. The van der Waals surface area contributed by atoms with Crippen LogP contribution >= 0.6 is 0 Å². The van der Waals surface area contributed by atoms with Crippen LogP contribution in [0.25, 0.3) is 11.3 Å². The smallest absolute Gasteiger partial charge is 0.410 e. The third-order valence-corrected chi connectivity index (χ3v) is 12.8. The number of fused-ring (bicyclic) bond motifs is 1. The Hall–Kier alpha value is -3.74. The number of aromatic nitrogens is 3. The molecule has 0 spiro atoms. The maximum atomic E-state index is 17.0. The number of aryl methyl sites for hydroxylation is 1. The number of ether oxygens (including phenoxy) is 5. The average molecular weight is 846 g/mol. The van der Waals surface area contributed by atoms with Crippen LogP contribution in [0.5, 0.6) is 0 Å². The number of nitrogens with two attached hydrogens (primary N) is 1. The van der Waals surface area contributed by atoms with Gasteiger partial charge in [-0.3, -0.25) is 14.4 Å². The molecule has 0 saturated carbocycles. The van der Waals surface area contributed by atoms with Crippen LogP contribution < -0.4 is 11.1 Å². The van der Waals surface area contributed by atoms with Gasteiger partial charge in [0.1, 0.15) is 17.9 Å². The Morgan fingerprint density at radius 2 is 1.80 bits per heavy atom. The number of nitrogen functional groups attached to an aromatic ring is 1. The third-order valence-electron chi connectivity index (χ3n) is 12.8. The molecule has 0 radical (unpaired) electrons. The van der Waals surface area contributed by atoms with E-state index in [2.05, 4.69) is 15.6 Å². The highest BCUT2D eigenvalue weighted by atomic mass is 19.1. The number of benzene rings is 1. The number of rotatable bonds is 11. The van der Waals surface area contributed by atoms with E-state index >= 15 is 4.39 Å². The first-order valence-electron chi connectivity index (χ1n) is 21.3. The fourth-order valence-electron chi connectivity index (χ4n) is 9.46. The first-order chi connectivity index (χ1) is 28.2. The van der Waals surface area contributed by atoms with E-state index in [-0.39, 0.29) is 24.5 Å². The summed E-state index contributed by atoms with van der Waals surface area (Å²) in [5, 5.41) is 23.6. The highest BCUT2D eigenvalue weighted by Gasteiger charge is 2.60. The SMILES string of the molecule is CC[C@H]1OC(=O)C(C)(F)C(=O)[C@H](C)[C@@H](O[C@@H]2OC(C)CC(N(C)C)C2O)[C@](C)(OC)C[C@@H](C)CN[C@H](C)[C@H]2N(CCCCn3cc(-c4cccc(N)c4)nn3)C(=O)O[C@]12C. The Bertz CT molecular complexity index is 1800. The van der Waals surface area contributed by atoms with Crippen molar-refractivity contribution in [3.05, 3.63) is 30.5 Å². The van der Waals surface area contributed by atoms with E-state index in [1.54, 1.807) is 36.4 Å². The number of Topliss-reactive ketones (excluding diaryl/α,β-unsaturated/α-hetero) is 1. The number of likely N-dealkylation sites (N-methyl/N-ethyl adjacent to an activating group) is 1. The lowest BCUT2D eigenvalue weighted by molar-refractivity contribution is -0.295. The van der Waals surface area contributed by atoms with Crippen LogP contribution in [-0.4, -0.2) is 148 Å². The normalized spacial score (nSPS) is 37.3. The summed E-state index contributed by atoms with van der Waals surface area (Å²) < 4.78 is 49.6. The lowest BCUT2D eigenvalue weighted by atomic mass is 9.78. The summed E-state index contributed by atoms with van der Waals surface area (Å²) in [5.41, 5.74) is 2.37. The predicted octanol–water partition coefficient (Wildman–Crippen LogP) is 4.38. The number of aliphatic hydroxyl groups excluding tert-OH is 1. The molecule has 2 aromatic rings. The number of hydrogen-bond donors (Lipinski definition) is 3. The van der Waals surface area contributed by atoms with Gasteiger partial charge in [0.2, 0.25) is 0 Å². The van der Waals surface area contributed by atoms with Crippen molar-refractivity contribution in [3.63, 3.8) is 0 Å². The molecular weight excluding hydrogens is 778 g/mol. The Morgan fingerprint density at radius 3 is 2.45 bits per heavy atom. The van der Waals surface area contributed by atoms with Gasteiger partial charge in [0, 0.05) is 49.5 Å². The first-order valence-corrected chi connectivity index (χ1v) is 21.3. The highest BCUT2D eigenvalue weighted by molar-refractivity contribution is 6.07. The van der Waals surface area contributed by atoms with Crippen LogP contribution in [0, 0.1) is 11.8 Å². The molecule has 4 heterocycles. The number of unbranched alkanes of at least 4 members (excludes halogenated alkanes) is 1. The molecule has 5 rings (SSSR count). The van der Waals surface area contributed by atoms with E-state index in [9.17, 15) is 19.5 Å². The number of nitrogens with one attached hydrogen (secondary N) is 1. The zero-order valence-electron chi connectivity index (χ0n) is 37.2. The highest BCUT2D eigenvalue weighted by Crippen LogP contribution is 2.41. The number of carbonyl (C=O) groups is 3. The zero-order valence-corrected chi connectivity index (χ0v) is 37.2. The van der Waals surface area contributed by atoms with Crippen molar-refractivity contribution < 1.29 is 47.6 Å². The maximum absolute atomic E-state index is 17.0. The van der Waals surface area contributed by atoms with Gasteiger partial charge in [0.05, 0.1) is 30.0 Å². The van der Waals surface area contributed by atoms with Crippen LogP contribution in [-0.2, 0) is 39.8 Å². The van der Waals surface area contributed by atoms with E-state index in [0.29, 0.717) is 56.7 Å². The summed E-state index contributed by atoms with van der Waals surface area (Å²) >= 11 is 0. The van der Waals surface area contributed by atoms with Crippen LogP contribution in [0.4, 0.5) is 14.9 Å². The number of anilines is 1. The third kappa shape index (κ3) is 9.97. The van der Waals surface area contributed by atoms with E-state index in [0.717, 1.165) is 12.5 Å². The van der Waals surface area contributed by atoms with Gasteiger partial charge in [-0.2, -0.15) is 0 Å². The van der Waals surface area contributed by atoms with Gasteiger partial charge in [-0.25, -0.2) is 14.0 Å². The molecule has 1 amide bonds. The van der Waals surface area contributed by atoms with E-state index < -0.39 is 77.3 Å². The molecule has 3 aliphatic heterocycles. The Balaban J connectivity index is 1.40. The summed E-state index contributed by atoms with van der Waals surface area (Å²) in [7, 11) is 5.20. The summed E-state index contributed by atoms with van der Waals surface area (Å²) in [4.78, 5) is 45.6. The lowest BCUT2D eigenvalue weighted by Crippen LogP contribution is -2.61. The second-order valence-corrected chi connectivity index (χ2v) is 18.0. The minimum Gasteiger partial charge on any atom is -0.455 e. The van der Waals surface area contributed by atoms with Crippen LogP contribution in [0.15, 0.2) is 30.5 Å². The Morgan fingerprint density at radius 1 is 1.10 bits per heavy atom. The van der Waals surface area contributed by atoms with Gasteiger partial charge in [-0.15, -0.1) is 5.10 Å². The number of nitrogens with zero attached hydrogens (tertiary/aromatic N) is 5. The van der Waals surface area contributed by atoms with Crippen molar-refractivity contribution in [2.75, 3.05) is 40.0 Å². The van der Waals surface area contributed by atoms with Gasteiger partial charge in [-0.1, -0.05) is 38.1 Å². The molecule has 3 saturated heterocycles. The van der Waals surface area contributed by atoms with E-state index in [1.165, 1.54) is 14.0 Å². The second-order valence-electron chi connectivity index (χ2n) is 18.0. The number of hydrogen-bond acceptors (Lipinski definition) is 14. The monoisotopic (exact) mass is 846 g/mol. The van der Waals surface area contributed by atoms with E-state index in [1.807, 2.05) is 64.2 Å². The standard InChI is InChI=1S/C43H68FN7O9/c1-12-33-43(8)35(51(40(55)60-43)19-14-13-18-50-24-31(47-48-50)29-16-15-17-30(45)21-29)28(5)46-23-25(2)22-41(6,56-11)37(27(4)36(53)42(7,44)39(54)58-33)59-38-34(52)32(49(9)10)20-26(3)57-38/h15-17,21,24-28,32-35,37-38,46,52H,12-14,18-20,22-23,45H2,1-11H3/t25-,26?,27+,28-,32?,33-,34?,35-,37-,38+,41-,42?,43-/m1/s1. The van der Waals surface area contributed by atoms with Crippen LogP contribution in [0.3, 0.4) is 0 Å². The predicted molar refractivity (Wildman–Crippen MR) is 222 cm³/mol. The number of alkyl halides is 1. The van der Waals surface area contributed by atoms with E-state index in [4.69, 9.17) is 29.4 Å². The summed E-state index contributed by atoms with van der Waals surface area (Å²) in [5.74, 6) is -3.86. The summed E-state index contributed by atoms with van der Waals surface area (Å²) in [6.45, 7) is 14.8. The molecule has 0 bridgehead atoms. The first kappa shape index (κ1) is 47.3. The van der Waals surface area contributed by atoms with Gasteiger partial charge < -0.3 is 44.7 Å². The van der Waals surface area contributed by atoms with Crippen molar-refractivity contribution in [2.24, 2.45) is 11.8 Å². The van der Waals surface area contributed by atoms with Crippen molar-refractivity contribution in [2.45, 2.75) is 160 Å². The van der Waals surface area contributed by atoms with Crippen LogP contribution in [0.1, 0.15) is 87.5 Å². The molecule has 3 aliphatic rings. The fraction of sp³-hybridized carbons (Fsp3) is 0.744. The molecule has 1 aromatic carbocycles. The van der Waals surface area contributed by atoms with Crippen molar-refractivity contribution in [3.8, 4) is 11.3 Å². The molecule has 4 unspecified atom stereocenters. The molecular formula is C43H68FN7O9. The molecule has 17 heteroatoms. The number of ketones is 1. The molecule has 13 atom stereocenters. The quantitative estimate of drug-likeness (QED) is 0.125. The number of cyclic esters (lactones) is 1. The fourth-order valence-corrected chi connectivity index (χ4v) is 9.46. The van der Waals surface area contributed by atoms with Crippen LogP contribution in [0.2, 0.25) is 0 Å². The van der Waals surface area contributed by atoms with Gasteiger partial charge >= 0.3 is 12.1 Å². The zero-order chi connectivity index (χ0) is 44.3. The Kier molecular flexibility index (Phi) is 15.1. The molecule has 336 valence electrons. The van der Waals surface area contributed by atoms with Gasteiger partial charge in [-0.05, 0) is 105 Å². The second kappa shape index (κ2) is 19.1.